The van der Waals surface area contributed by atoms with E-state index in [1.165, 1.54) is 70.2 Å². The average molecular weight is 1460 g/mol. The van der Waals surface area contributed by atoms with Crippen LogP contribution in [0.1, 0.15) is 27.7 Å². The van der Waals surface area contributed by atoms with Crippen molar-refractivity contribution in [1.29, 1.82) is 0 Å². The van der Waals surface area contributed by atoms with Crippen LogP contribution in [0.4, 0.5) is 0 Å². The molecule has 454 valence electrons. The van der Waals surface area contributed by atoms with Crippen molar-refractivity contribution in [3.05, 3.63) is 291 Å². The normalized spacial score (nSPS) is 13.6. The van der Waals surface area contributed by atoms with E-state index in [1.54, 1.807) is 0 Å². The number of furan rings is 2. The van der Waals surface area contributed by atoms with E-state index in [-0.39, 0.29) is 31.1 Å². The Morgan fingerprint density at radius 2 is 0.583 bits per heavy atom. The van der Waals surface area contributed by atoms with Gasteiger partial charge in [-0.3, -0.25) is 0 Å². The van der Waals surface area contributed by atoms with Crippen molar-refractivity contribution in [2.75, 3.05) is 0 Å². The summed E-state index contributed by atoms with van der Waals surface area (Å²) >= 11 is 0. The van der Waals surface area contributed by atoms with Crippen molar-refractivity contribution in [3.8, 4) is 67.5 Å². The zero-order chi connectivity index (χ0) is 63.5. The van der Waals surface area contributed by atoms with E-state index in [2.05, 4.69) is 258 Å². The molecule has 0 bridgehead atoms. The van der Waals surface area contributed by atoms with Gasteiger partial charge in [-0.15, -0.1) is 0 Å². The smallest absolute Gasteiger partial charge is 0.455 e. The molecule has 7 nitrogen and oxygen atoms in total. The SMILES string of the molecule is CC1(C)OB(c2cccc3oc4c(-c5ccc6c7ccccc7c7ccccc7c6c5)cccc4c23)OC1(C)C.[U].c1ccc(-c2ccc(-c3nc(-c4ccccc4)nc(-c4cccc5oc6c(-c7ccc8c9ccccc9c9ccccc9c8c7)cccc6c45)n3)cc2)cc1. The second-order valence-corrected chi connectivity index (χ2v) is 25.9. The van der Waals surface area contributed by atoms with Crippen LogP contribution < -0.4 is 5.46 Å². The first-order valence-corrected chi connectivity index (χ1v) is 32.5. The summed E-state index contributed by atoms with van der Waals surface area (Å²) in [4.78, 5) is 15.3. The van der Waals surface area contributed by atoms with Gasteiger partial charge < -0.3 is 18.1 Å². The molecule has 0 amide bonds. The summed E-state index contributed by atoms with van der Waals surface area (Å²) in [5, 5.41) is 19.2. The van der Waals surface area contributed by atoms with Crippen LogP contribution in [0.15, 0.2) is 300 Å². The van der Waals surface area contributed by atoms with Gasteiger partial charge in [0.2, 0.25) is 0 Å². The zero-order valence-electron chi connectivity index (χ0n) is 53.3. The van der Waals surface area contributed by atoms with E-state index >= 15 is 0 Å². The number of hydrogen-bond acceptors (Lipinski definition) is 7. The van der Waals surface area contributed by atoms with E-state index in [0.717, 1.165) is 93.8 Å². The molecule has 1 saturated heterocycles. The Morgan fingerprint density at radius 3 is 1.06 bits per heavy atom. The number of nitrogens with zero attached hydrogens (tertiary/aromatic N) is 3. The average Bonchev–Trinajstić information content (AvgIpc) is 1.43. The molecule has 0 unspecified atom stereocenters. The van der Waals surface area contributed by atoms with Crippen molar-refractivity contribution in [2.45, 2.75) is 38.9 Å². The third kappa shape index (κ3) is 9.83. The maximum atomic E-state index is 6.78. The molecular weight excluding hydrogens is 1400 g/mol. The standard InChI is InChI=1S/C51H31N3O.C36H29BO3.U/c1-3-13-32(14-4-1)33-25-27-35(28-26-33)50-52-49(34-15-5-2-6-16-34)53-51(54-50)44-23-12-24-46-47(44)43-22-11-21-37(48(43)55-46)36-29-30-42-40-19-8-7-17-38(40)39-18-9-10-20-41(39)45(42)31-36;1-35(2)36(3,4)40-37(39-35)31-17-10-18-32-33(31)29-16-9-15-23(34(29)38-32)22-19-20-28-26-13-6-5-11-24(26)25-12-7-8-14-27(25)30(28)21-22;/h1-31H;5-21H,1-4H3;. The minimum Gasteiger partial charge on any atom is -0.455 e. The van der Waals surface area contributed by atoms with E-state index < -0.39 is 18.3 Å². The van der Waals surface area contributed by atoms with Crippen molar-refractivity contribution in [3.63, 3.8) is 0 Å². The summed E-state index contributed by atoms with van der Waals surface area (Å²) in [5.41, 5.74) is 12.9. The zero-order valence-corrected chi connectivity index (χ0v) is 57.4. The van der Waals surface area contributed by atoms with Crippen molar-refractivity contribution >= 4 is 121 Å². The van der Waals surface area contributed by atoms with Gasteiger partial charge in [-0.1, -0.05) is 267 Å². The van der Waals surface area contributed by atoms with Crippen molar-refractivity contribution in [1.82, 2.24) is 15.0 Å². The maximum Gasteiger partial charge on any atom is 0.495 e. The second kappa shape index (κ2) is 23.5. The topological polar surface area (TPSA) is 83.4 Å². The Labute approximate surface area is 578 Å². The summed E-state index contributed by atoms with van der Waals surface area (Å²) < 4.78 is 26.3. The first kappa shape index (κ1) is 59.3. The molecule has 3 aromatic heterocycles. The Morgan fingerprint density at radius 1 is 0.260 bits per heavy atom. The largest absolute Gasteiger partial charge is 0.495 e. The molecule has 9 heteroatoms. The summed E-state index contributed by atoms with van der Waals surface area (Å²) in [6, 6.07) is 102. The Hall–Kier alpha value is -10.5. The van der Waals surface area contributed by atoms with Gasteiger partial charge in [-0.25, -0.2) is 15.0 Å². The first-order valence-electron chi connectivity index (χ1n) is 32.5. The van der Waals surface area contributed by atoms with Gasteiger partial charge in [0.15, 0.2) is 17.5 Å². The van der Waals surface area contributed by atoms with Crippen LogP contribution in [0.3, 0.4) is 0 Å². The van der Waals surface area contributed by atoms with Crippen LogP contribution in [0.25, 0.3) is 176 Å². The van der Waals surface area contributed by atoms with Gasteiger partial charge in [0.25, 0.3) is 0 Å². The maximum absolute atomic E-state index is 6.78. The van der Waals surface area contributed by atoms with Crippen LogP contribution in [-0.4, -0.2) is 33.3 Å². The summed E-state index contributed by atoms with van der Waals surface area (Å²) in [5.74, 6) is 1.83. The van der Waals surface area contributed by atoms with E-state index in [0.29, 0.717) is 17.5 Å². The Bertz CT molecular complexity index is 6040. The third-order valence-corrected chi connectivity index (χ3v) is 19.9. The van der Waals surface area contributed by atoms with E-state index in [9.17, 15) is 0 Å². The summed E-state index contributed by atoms with van der Waals surface area (Å²) in [6.45, 7) is 8.35. The minimum atomic E-state index is -0.460. The van der Waals surface area contributed by atoms with Crippen LogP contribution in [0, 0.1) is 31.1 Å². The molecule has 0 radical (unpaired) electrons. The molecule has 1 fully saturated rings. The van der Waals surface area contributed by atoms with Crippen molar-refractivity contribution in [2.24, 2.45) is 0 Å². The molecule has 15 aromatic carbocycles. The molecule has 96 heavy (non-hydrogen) atoms. The monoisotopic (exact) mass is 1460 g/mol. The number of benzene rings is 15. The molecule has 18 aromatic rings. The number of rotatable bonds is 7. The number of aromatic nitrogens is 3. The van der Waals surface area contributed by atoms with Gasteiger partial charge in [0.1, 0.15) is 22.3 Å². The van der Waals surface area contributed by atoms with Gasteiger partial charge >= 0.3 is 7.12 Å². The van der Waals surface area contributed by atoms with Crippen LogP contribution in [0.5, 0.6) is 0 Å². The van der Waals surface area contributed by atoms with Crippen LogP contribution in [-0.2, 0) is 9.31 Å². The molecule has 19 rings (SSSR count). The van der Waals surface area contributed by atoms with Crippen LogP contribution >= 0.6 is 0 Å². The van der Waals surface area contributed by atoms with Gasteiger partial charge in [0.05, 0.1) is 11.2 Å². The van der Waals surface area contributed by atoms with E-state index in [4.69, 9.17) is 33.1 Å². The Kier molecular flexibility index (Phi) is 14.5. The minimum absolute atomic E-state index is 0. The van der Waals surface area contributed by atoms with Gasteiger partial charge in [0, 0.05) is 80.5 Å². The molecule has 0 aliphatic carbocycles. The fourth-order valence-corrected chi connectivity index (χ4v) is 14.5. The molecule has 0 saturated carbocycles. The number of hydrogen-bond donors (Lipinski definition) is 0. The Balaban J connectivity index is 0.000000151. The molecule has 0 atom stereocenters. The first-order chi connectivity index (χ1) is 46.6. The fraction of sp³-hybridized carbons (Fsp3) is 0.0690. The van der Waals surface area contributed by atoms with Gasteiger partial charge in [-0.2, -0.15) is 0 Å². The van der Waals surface area contributed by atoms with E-state index in [1.807, 2.05) is 60.7 Å². The molecule has 0 N–H and O–H groups in total. The number of fused-ring (bicyclic) bond motifs is 18. The molecule has 0 spiro atoms. The fourth-order valence-electron chi connectivity index (χ4n) is 14.5. The third-order valence-electron chi connectivity index (χ3n) is 19.9. The molecule has 1 aliphatic rings. The van der Waals surface area contributed by atoms with Gasteiger partial charge in [-0.05, 0) is 144 Å². The number of para-hydroxylation sites is 2. The predicted molar refractivity (Wildman–Crippen MR) is 394 cm³/mol. The predicted octanol–water partition coefficient (Wildman–Crippen LogP) is 22.6. The summed E-state index contributed by atoms with van der Waals surface area (Å²) in [7, 11) is -0.460. The summed E-state index contributed by atoms with van der Waals surface area (Å²) in [6.07, 6.45) is 0. The molecular formula is C87H60BN3O4U. The molecule has 1 aliphatic heterocycles. The van der Waals surface area contributed by atoms with Crippen LogP contribution in [0.2, 0.25) is 0 Å². The molecule has 4 heterocycles. The quantitative estimate of drug-likeness (QED) is 0.116. The second-order valence-electron chi connectivity index (χ2n) is 25.9. The van der Waals surface area contributed by atoms with Crippen molar-refractivity contribution < 1.29 is 49.3 Å².